The number of amides is 1. The van der Waals surface area contributed by atoms with Gasteiger partial charge in [-0.3, -0.25) is 4.79 Å². The number of ether oxygens (including phenoxy) is 2. The SMILES string of the molecule is C[C@@H]1CN(S(=O)(=O)c2ccc(NC(=O)COC(=O)c3cc4c(s3)CCC4)cc2)C[C@@H](C)O1. The fraction of sp³-hybridized carbons (Fsp3) is 0.455. The lowest BCUT2D eigenvalue weighted by atomic mass is 10.2. The van der Waals surface area contributed by atoms with Crippen LogP contribution in [-0.2, 0) is 37.1 Å². The molecule has 8 nitrogen and oxygen atoms in total. The van der Waals surface area contributed by atoms with E-state index in [4.69, 9.17) is 9.47 Å². The summed E-state index contributed by atoms with van der Waals surface area (Å²) in [6.45, 7) is 3.86. The molecule has 1 aromatic heterocycles. The van der Waals surface area contributed by atoms with Gasteiger partial charge in [-0.25, -0.2) is 13.2 Å². The number of fused-ring (bicyclic) bond motifs is 1. The number of anilines is 1. The summed E-state index contributed by atoms with van der Waals surface area (Å²) in [6.07, 6.45) is 2.73. The number of benzene rings is 1. The molecule has 0 bridgehead atoms. The molecule has 2 atom stereocenters. The third-order valence-electron chi connectivity index (χ3n) is 5.44. The van der Waals surface area contributed by atoms with Crippen LogP contribution in [0.4, 0.5) is 5.69 Å². The molecular formula is C22H26N2O6S2. The number of hydrogen-bond donors (Lipinski definition) is 1. The molecule has 2 heterocycles. The van der Waals surface area contributed by atoms with E-state index in [1.807, 2.05) is 19.9 Å². The minimum atomic E-state index is -3.65. The molecule has 32 heavy (non-hydrogen) atoms. The molecule has 172 valence electrons. The minimum Gasteiger partial charge on any atom is -0.451 e. The molecule has 1 fully saturated rings. The normalized spacial score (nSPS) is 21.2. The van der Waals surface area contributed by atoms with Gasteiger partial charge in [0.1, 0.15) is 4.88 Å². The van der Waals surface area contributed by atoms with E-state index in [2.05, 4.69) is 5.32 Å². The Morgan fingerprint density at radius 2 is 1.84 bits per heavy atom. The van der Waals surface area contributed by atoms with Crippen molar-refractivity contribution < 1.29 is 27.5 Å². The summed E-state index contributed by atoms with van der Waals surface area (Å²) < 4.78 is 37.9. The molecular weight excluding hydrogens is 452 g/mol. The van der Waals surface area contributed by atoms with Crippen LogP contribution in [0.25, 0.3) is 0 Å². The van der Waals surface area contributed by atoms with Crippen LogP contribution < -0.4 is 5.32 Å². The van der Waals surface area contributed by atoms with Crippen molar-refractivity contribution in [1.82, 2.24) is 4.31 Å². The van der Waals surface area contributed by atoms with Gasteiger partial charge in [-0.2, -0.15) is 4.31 Å². The number of sulfonamides is 1. The zero-order valence-electron chi connectivity index (χ0n) is 18.0. The van der Waals surface area contributed by atoms with Gasteiger partial charge in [0.05, 0.1) is 17.1 Å². The Kier molecular flexibility index (Phi) is 6.66. The van der Waals surface area contributed by atoms with E-state index in [0.29, 0.717) is 23.7 Å². The van der Waals surface area contributed by atoms with Crippen molar-refractivity contribution in [3.05, 3.63) is 45.6 Å². The first-order chi connectivity index (χ1) is 15.2. The van der Waals surface area contributed by atoms with Crippen molar-refractivity contribution >= 4 is 38.9 Å². The number of thiophene rings is 1. The number of nitrogens with zero attached hydrogens (tertiary/aromatic N) is 1. The molecule has 1 saturated heterocycles. The number of nitrogens with one attached hydrogen (secondary N) is 1. The number of esters is 1. The molecule has 1 aromatic carbocycles. The predicted molar refractivity (Wildman–Crippen MR) is 120 cm³/mol. The Labute approximate surface area is 191 Å². The van der Waals surface area contributed by atoms with Crippen LogP contribution in [0.1, 0.15) is 40.4 Å². The summed E-state index contributed by atoms with van der Waals surface area (Å²) in [7, 11) is -3.65. The van der Waals surface area contributed by atoms with Crippen LogP contribution >= 0.6 is 11.3 Å². The van der Waals surface area contributed by atoms with Gasteiger partial charge in [0.2, 0.25) is 10.0 Å². The maximum atomic E-state index is 12.9. The van der Waals surface area contributed by atoms with Gasteiger partial charge in [0.15, 0.2) is 6.61 Å². The Morgan fingerprint density at radius 3 is 2.50 bits per heavy atom. The van der Waals surface area contributed by atoms with Gasteiger partial charge in [-0.05, 0) is 69.0 Å². The molecule has 2 aliphatic rings. The van der Waals surface area contributed by atoms with Crippen molar-refractivity contribution in [3.8, 4) is 0 Å². The molecule has 0 unspecified atom stereocenters. The van der Waals surface area contributed by atoms with Crippen LogP contribution in [0.2, 0.25) is 0 Å². The average molecular weight is 479 g/mol. The van der Waals surface area contributed by atoms with E-state index in [0.717, 1.165) is 19.3 Å². The second-order valence-corrected chi connectivity index (χ2v) is 11.2. The van der Waals surface area contributed by atoms with Crippen molar-refractivity contribution in [2.75, 3.05) is 25.0 Å². The van der Waals surface area contributed by atoms with Gasteiger partial charge in [0, 0.05) is 23.7 Å². The van der Waals surface area contributed by atoms with Gasteiger partial charge in [0.25, 0.3) is 5.91 Å². The third-order valence-corrected chi connectivity index (χ3v) is 8.51. The fourth-order valence-electron chi connectivity index (χ4n) is 4.02. The van der Waals surface area contributed by atoms with Crippen LogP contribution in [0.3, 0.4) is 0 Å². The molecule has 1 aliphatic heterocycles. The highest BCUT2D eigenvalue weighted by Crippen LogP contribution is 2.31. The number of aryl methyl sites for hydroxylation is 2. The Morgan fingerprint density at radius 1 is 1.16 bits per heavy atom. The number of morpholine rings is 1. The van der Waals surface area contributed by atoms with E-state index in [-0.39, 0.29) is 17.1 Å². The first-order valence-electron chi connectivity index (χ1n) is 10.6. The van der Waals surface area contributed by atoms with Gasteiger partial charge >= 0.3 is 5.97 Å². The third kappa shape index (κ3) is 5.03. The lowest BCUT2D eigenvalue weighted by Crippen LogP contribution is -2.48. The second-order valence-electron chi connectivity index (χ2n) is 8.14. The van der Waals surface area contributed by atoms with Crippen LogP contribution in [-0.4, -0.2) is 56.5 Å². The van der Waals surface area contributed by atoms with Crippen LogP contribution in [0.5, 0.6) is 0 Å². The second kappa shape index (κ2) is 9.30. The summed E-state index contributed by atoms with van der Waals surface area (Å²) in [4.78, 5) is 26.2. The fourth-order valence-corrected chi connectivity index (χ4v) is 6.75. The smallest absolute Gasteiger partial charge is 0.348 e. The molecule has 0 saturated carbocycles. The first-order valence-corrected chi connectivity index (χ1v) is 12.8. The molecule has 0 radical (unpaired) electrons. The van der Waals surface area contributed by atoms with Crippen LogP contribution in [0.15, 0.2) is 35.2 Å². The van der Waals surface area contributed by atoms with E-state index in [1.165, 1.54) is 50.3 Å². The number of hydrogen-bond acceptors (Lipinski definition) is 7. The molecule has 1 amide bonds. The van der Waals surface area contributed by atoms with E-state index >= 15 is 0 Å². The standard InChI is InChI=1S/C22H26N2O6S2/c1-14-11-24(12-15(2)30-14)32(27,28)18-8-6-17(7-9-18)23-21(25)13-29-22(26)20-10-16-4-3-5-19(16)31-20/h6-10,14-15H,3-5,11-13H2,1-2H3,(H,23,25)/t14-,15-/m1/s1. The van der Waals surface area contributed by atoms with E-state index in [1.54, 1.807) is 0 Å². The first kappa shape index (κ1) is 22.9. The molecule has 4 rings (SSSR count). The number of rotatable bonds is 6. The molecule has 2 aromatic rings. The Bertz CT molecular complexity index is 1080. The summed E-state index contributed by atoms with van der Waals surface area (Å²) >= 11 is 1.43. The molecule has 0 spiro atoms. The van der Waals surface area contributed by atoms with Gasteiger partial charge < -0.3 is 14.8 Å². The Hall–Kier alpha value is -2.27. The minimum absolute atomic E-state index is 0.147. The highest BCUT2D eigenvalue weighted by molar-refractivity contribution is 7.89. The van der Waals surface area contributed by atoms with Crippen molar-refractivity contribution in [2.45, 2.75) is 50.2 Å². The molecule has 1 aliphatic carbocycles. The largest absolute Gasteiger partial charge is 0.451 e. The van der Waals surface area contributed by atoms with Crippen LogP contribution in [0, 0.1) is 0 Å². The summed E-state index contributed by atoms with van der Waals surface area (Å²) in [5.41, 5.74) is 1.62. The monoisotopic (exact) mass is 478 g/mol. The quantitative estimate of drug-likeness (QED) is 0.641. The lowest BCUT2D eigenvalue weighted by Gasteiger charge is -2.34. The van der Waals surface area contributed by atoms with Crippen molar-refractivity contribution in [1.29, 1.82) is 0 Å². The van der Waals surface area contributed by atoms with E-state index in [9.17, 15) is 18.0 Å². The Balaban J connectivity index is 1.31. The number of carbonyl (C=O) groups excluding carboxylic acids is 2. The zero-order valence-corrected chi connectivity index (χ0v) is 19.6. The van der Waals surface area contributed by atoms with Crippen molar-refractivity contribution in [3.63, 3.8) is 0 Å². The summed E-state index contributed by atoms with van der Waals surface area (Å²) in [5, 5.41) is 2.62. The van der Waals surface area contributed by atoms with E-state index < -0.39 is 28.5 Å². The average Bonchev–Trinajstić information content (AvgIpc) is 3.34. The molecule has 1 N–H and O–H groups in total. The molecule has 10 heteroatoms. The highest BCUT2D eigenvalue weighted by atomic mass is 32.2. The predicted octanol–water partition coefficient (Wildman–Crippen LogP) is 2.83. The van der Waals surface area contributed by atoms with Gasteiger partial charge in [-0.1, -0.05) is 0 Å². The summed E-state index contributed by atoms with van der Waals surface area (Å²) in [6, 6.07) is 7.79. The van der Waals surface area contributed by atoms with Crippen molar-refractivity contribution in [2.24, 2.45) is 0 Å². The maximum Gasteiger partial charge on any atom is 0.348 e. The maximum absolute atomic E-state index is 12.9. The van der Waals surface area contributed by atoms with Gasteiger partial charge in [-0.15, -0.1) is 11.3 Å². The number of carbonyl (C=O) groups is 2. The topological polar surface area (TPSA) is 102 Å². The summed E-state index contributed by atoms with van der Waals surface area (Å²) in [5.74, 6) is -0.996. The lowest BCUT2D eigenvalue weighted by molar-refractivity contribution is -0.119. The zero-order chi connectivity index (χ0) is 22.9. The highest BCUT2D eigenvalue weighted by Gasteiger charge is 2.32.